The monoisotopic (exact) mass is 559 g/mol. The fraction of sp³-hybridized carbons (Fsp3) is 0.207. The summed E-state index contributed by atoms with van der Waals surface area (Å²) >= 11 is 3.52. The molecule has 0 saturated heterocycles. The zero-order valence-corrected chi connectivity index (χ0v) is 21.8. The molecule has 0 spiro atoms. The molecule has 1 amide bonds. The van der Waals surface area contributed by atoms with Gasteiger partial charge in [-0.25, -0.2) is 9.78 Å². The van der Waals surface area contributed by atoms with Gasteiger partial charge in [-0.1, -0.05) is 66.7 Å². The van der Waals surface area contributed by atoms with Crippen LogP contribution in [0.3, 0.4) is 0 Å². The summed E-state index contributed by atoms with van der Waals surface area (Å²) in [4.78, 5) is 32.5. The lowest BCUT2D eigenvalue weighted by Crippen LogP contribution is -2.50. The third kappa shape index (κ3) is 5.02. The standard InChI is InChI=1S/C29H26BrN3O4/c1-37-26-13-12-19(14-22(26)30)16-32-18-31-23-17-33(25(29(35)36)15-24(23)32)28(34)27(20-8-4-2-5-9-20)21-10-6-3-7-11-21/h2-14,18,25,27H,15-17H2,1H3,(H,35,36). The number of carboxylic acids is 1. The van der Waals surface area contributed by atoms with Crippen molar-refractivity contribution in [1.82, 2.24) is 14.5 Å². The van der Waals surface area contributed by atoms with Gasteiger partial charge in [0.2, 0.25) is 5.91 Å². The second-order valence-corrected chi connectivity index (χ2v) is 9.87. The number of hydrogen-bond acceptors (Lipinski definition) is 4. The number of rotatable bonds is 7. The summed E-state index contributed by atoms with van der Waals surface area (Å²) in [6.07, 6.45) is 1.91. The molecule has 5 rings (SSSR count). The van der Waals surface area contributed by atoms with Gasteiger partial charge < -0.3 is 19.3 Å². The van der Waals surface area contributed by atoms with Gasteiger partial charge in [0.25, 0.3) is 0 Å². The Hall–Kier alpha value is -3.91. The minimum Gasteiger partial charge on any atom is -0.496 e. The number of aromatic nitrogens is 2. The van der Waals surface area contributed by atoms with E-state index in [-0.39, 0.29) is 18.9 Å². The van der Waals surface area contributed by atoms with Crippen molar-refractivity contribution in [2.45, 2.75) is 31.5 Å². The summed E-state index contributed by atoms with van der Waals surface area (Å²) in [5, 5.41) is 10.2. The van der Waals surface area contributed by atoms with Gasteiger partial charge in [-0.15, -0.1) is 0 Å². The summed E-state index contributed by atoms with van der Waals surface area (Å²) in [6.45, 7) is 0.669. The van der Waals surface area contributed by atoms with Crippen LogP contribution < -0.4 is 4.74 Å². The van der Waals surface area contributed by atoms with Gasteiger partial charge in [-0.2, -0.15) is 0 Å². The van der Waals surface area contributed by atoms with E-state index in [1.54, 1.807) is 13.4 Å². The average Bonchev–Trinajstić information content (AvgIpc) is 3.31. The van der Waals surface area contributed by atoms with Crippen LogP contribution in [0.4, 0.5) is 0 Å². The molecule has 7 nitrogen and oxygen atoms in total. The second-order valence-electron chi connectivity index (χ2n) is 9.01. The molecule has 1 unspecified atom stereocenters. The lowest BCUT2D eigenvalue weighted by atomic mass is 9.88. The Balaban J connectivity index is 1.47. The Morgan fingerprint density at radius 3 is 2.27 bits per heavy atom. The minimum absolute atomic E-state index is 0.139. The Morgan fingerprint density at radius 2 is 1.70 bits per heavy atom. The molecule has 37 heavy (non-hydrogen) atoms. The summed E-state index contributed by atoms with van der Waals surface area (Å²) in [6, 6.07) is 23.8. The molecule has 0 fully saturated rings. The number of nitrogens with zero attached hydrogens (tertiary/aromatic N) is 3. The van der Waals surface area contributed by atoms with Crippen molar-refractivity contribution in [2.75, 3.05) is 7.11 Å². The van der Waals surface area contributed by atoms with Crippen LogP contribution in [-0.2, 0) is 29.1 Å². The normalized spacial score (nSPS) is 14.9. The molecule has 1 atom stereocenters. The maximum Gasteiger partial charge on any atom is 0.326 e. The predicted octanol–water partition coefficient (Wildman–Crippen LogP) is 4.87. The molecule has 3 aromatic carbocycles. The first-order valence-corrected chi connectivity index (χ1v) is 12.7. The van der Waals surface area contributed by atoms with Crippen LogP contribution in [0.2, 0.25) is 0 Å². The summed E-state index contributed by atoms with van der Waals surface area (Å²) < 4.78 is 8.12. The van der Waals surface area contributed by atoms with E-state index in [4.69, 9.17) is 4.74 Å². The fourth-order valence-electron chi connectivity index (χ4n) is 4.91. The molecule has 1 N–H and O–H groups in total. The van der Waals surface area contributed by atoms with Gasteiger partial charge in [-0.3, -0.25) is 4.79 Å². The number of carboxylic acid groups (broad SMARTS) is 1. The Kier molecular flexibility index (Phi) is 7.10. The third-order valence-corrected chi connectivity index (χ3v) is 7.39. The van der Waals surface area contributed by atoms with Crippen molar-refractivity contribution >= 4 is 27.8 Å². The van der Waals surface area contributed by atoms with Crippen molar-refractivity contribution in [3.63, 3.8) is 0 Å². The number of imidazole rings is 1. The van der Waals surface area contributed by atoms with E-state index in [1.807, 2.05) is 83.4 Å². The SMILES string of the molecule is COc1ccc(Cn2cnc3c2CC(C(=O)O)N(C(=O)C(c2ccccc2)c2ccccc2)C3)cc1Br. The number of fused-ring (bicyclic) bond motifs is 1. The van der Waals surface area contributed by atoms with Crippen LogP contribution in [-0.4, -0.2) is 44.6 Å². The van der Waals surface area contributed by atoms with E-state index in [1.165, 1.54) is 4.90 Å². The second kappa shape index (κ2) is 10.6. The van der Waals surface area contributed by atoms with Gasteiger partial charge >= 0.3 is 5.97 Å². The smallest absolute Gasteiger partial charge is 0.326 e. The van der Waals surface area contributed by atoms with E-state index in [0.29, 0.717) is 6.54 Å². The zero-order chi connectivity index (χ0) is 25.9. The molecule has 1 aromatic heterocycles. The quantitative estimate of drug-likeness (QED) is 0.349. The highest BCUT2D eigenvalue weighted by Gasteiger charge is 2.40. The first-order chi connectivity index (χ1) is 18.0. The number of carbonyl (C=O) groups excluding carboxylic acids is 1. The Bertz CT molecular complexity index is 1380. The van der Waals surface area contributed by atoms with Crippen molar-refractivity contribution in [1.29, 1.82) is 0 Å². The number of methoxy groups -OCH3 is 1. The molecule has 0 radical (unpaired) electrons. The van der Waals surface area contributed by atoms with Gasteiger partial charge in [-0.05, 0) is 44.8 Å². The number of aliphatic carboxylic acids is 1. The molecule has 188 valence electrons. The number of carbonyl (C=O) groups is 2. The summed E-state index contributed by atoms with van der Waals surface area (Å²) in [5.74, 6) is -1.14. The fourth-order valence-corrected chi connectivity index (χ4v) is 5.50. The molecule has 0 bridgehead atoms. The van der Waals surface area contributed by atoms with Crippen molar-refractivity contribution < 1.29 is 19.4 Å². The lowest BCUT2D eigenvalue weighted by molar-refractivity contribution is -0.151. The van der Waals surface area contributed by atoms with Crippen LogP contribution in [0, 0.1) is 0 Å². The van der Waals surface area contributed by atoms with E-state index < -0.39 is 17.9 Å². The number of hydrogen-bond donors (Lipinski definition) is 1. The van der Waals surface area contributed by atoms with Gasteiger partial charge in [0.05, 0.1) is 36.1 Å². The van der Waals surface area contributed by atoms with Crippen LogP contribution >= 0.6 is 15.9 Å². The largest absolute Gasteiger partial charge is 0.496 e. The summed E-state index contributed by atoms with van der Waals surface area (Å²) in [5.41, 5.74) is 4.22. The number of amides is 1. The highest BCUT2D eigenvalue weighted by atomic mass is 79.9. The predicted molar refractivity (Wildman–Crippen MR) is 142 cm³/mol. The molecule has 0 aliphatic carbocycles. The minimum atomic E-state index is -1.03. The maximum absolute atomic E-state index is 14.0. The first kappa shape index (κ1) is 24.8. The topological polar surface area (TPSA) is 84.7 Å². The van der Waals surface area contributed by atoms with Crippen molar-refractivity contribution in [3.8, 4) is 5.75 Å². The maximum atomic E-state index is 14.0. The summed E-state index contributed by atoms with van der Waals surface area (Å²) in [7, 11) is 1.62. The molecule has 1 aliphatic heterocycles. The molecule has 8 heteroatoms. The molecular weight excluding hydrogens is 534 g/mol. The molecule has 0 saturated carbocycles. The van der Waals surface area contributed by atoms with Crippen LogP contribution in [0.25, 0.3) is 0 Å². The lowest BCUT2D eigenvalue weighted by Gasteiger charge is -2.35. The highest BCUT2D eigenvalue weighted by molar-refractivity contribution is 9.10. The molecule has 4 aromatic rings. The van der Waals surface area contributed by atoms with Crippen LogP contribution in [0.5, 0.6) is 5.75 Å². The Morgan fingerprint density at radius 1 is 1.05 bits per heavy atom. The third-order valence-electron chi connectivity index (χ3n) is 6.77. The van der Waals surface area contributed by atoms with Gasteiger partial charge in [0, 0.05) is 18.7 Å². The van der Waals surface area contributed by atoms with Gasteiger partial charge in [0.1, 0.15) is 11.8 Å². The Labute approximate surface area is 223 Å². The van der Waals surface area contributed by atoms with Crippen molar-refractivity contribution in [2.24, 2.45) is 0 Å². The van der Waals surface area contributed by atoms with E-state index >= 15 is 0 Å². The number of ether oxygens (including phenoxy) is 1. The average molecular weight is 560 g/mol. The molecule has 2 heterocycles. The number of benzene rings is 3. The number of halogens is 1. The van der Waals surface area contributed by atoms with Crippen LogP contribution in [0.15, 0.2) is 89.7 Å². The van der Waals surface area contributed by atoms with E-state index in [0.717, 1.165) is 38.3 Å². The highest BCUT2D eigenvalue weighted by Crippen LogP contribution is 2.32. The van der Waals surface area contributed by atoms with Gasteiger partial charge in [0.15, 0.2) is 0 Å². The zero-order valence-electron chi connectivity index (χ0n) is 20.3. The van der Waals surface area contributed by atoms with Crippen molar-refractivity contribution in [3.05, 3.63) is 118 Å². The van der Waals surface area contributed by atoms with E-state index in [2.05, 4.69) is 20.9 Å². The molecular formula is C29H26BrN3O4. The molecule has 1 aliphatic rings. The van der Waals surface area contributed by atoms with E-state index in [9.17, 15) is 14.7 Å². The van der Waals surface area contributed by atoms with Crippen LogP contribution in [0.1, 0.15) is 34.0 Å². The first-order valence-electron chi connectivity index (χ1n) is 11.9.